The Morgan fingerprint density at radius 1 is 1.25 bits per heavy atom. The smallest absolute Gasteiger partial charge is 0.314 e. The van der Waals surface area contributed by atoms with Gasteiger partial charge < -0.3 is 20.5 Å². The van der Waals surface area contributed by atoms with Crippen molar-refractivity contribution in [1.29, 1.82) is 0 Å². The molecule has 1 aliphatic rings. The summed E-state index contributed by atoms with van der Waals surface area (Å²) in [6.07, 6.45) is 0. The number of aliphatic hydroxyl groups is 1. The molecule has 2 aromatic rings. The summed E-state index contributed by atoms with van der Waals surface area (Å²) in [4.78, 5) is 24.5. The zero-order valence-electron chi connectivity index (χ0n) is 15.9. The molecule has 0 atom stereocenters. The van der Waals surface area contributed by atoms with E-state index < -0.39 is 11.8 Å². The molecule has 8 nitrogen and oxygen atoms in total. The molecule has 0 aliphatic carbocycles. The summed E-state index contributed by atoms with van der Waals surface area (Å²) in [5, 5.41) is 18.6. The Morgan fingerprint density at radius 2 is 2.07 bits per heavy atom. The molecule has 0 bridgehead atoms. The van der Waals surface area contributed by atoms with Gasteiger partial charge in [-0.05, 0) is 25.5 Å². The number of nitrogens with one attached hydrogen (secondary N) is 2. The molecule has 28 heavy (non-hydrogen) atoms. The molecule has 1 aromatic heterocycles. The Balaban J connectivity index is 1.76. The summed E-state index contributed by atoms with van der Waals surface area (Å²) in [6.45, 7) is 4.55. The topological polar surface area (TPSA) is 105 Å². The standard InChI is InChI=1S/C19H24N4O4S/c1-12-3-4-16(13(2)9-12)23-17(14-10-28-11-15(14)22-23)21-19(26)18(25)20-5-7-27-8-6-24/h3-4,9,24H,5-8,10-11H2,1-2H3,(H,20,25)(H,21,26). The highest BCUT2D eigenvalue weighted by atomic mass is 32.2. The molecule has 0 spiro atoms. The maximum absolute atomic E-state index is 12.4. The van der Waals surface area contributed by atoms with Crippen molar-refractivity contribution < 1.29 is 19.4 Å². The van der Waals surface area contributed by atoms with Crippen molar-refractivity contribution in [3.8, 4) is 5.69 Å². The molecule has 0 saturated heterocycles. The normalized spacial score (nSPS) is 12.7. The lowest BCUT2D eigenvalue weighted by molar-refractivity contribution is -0.136. The first-order valence-electron chi connectivity index (χ1n) is 9.05. The van der Waals surface area contributed by atoms with Crippen LogP contribution in [0.3, 0.4) is 0 Å². The van der Waals surface area contributed by atoms with E-state index in [0.29, 0.717) is 5.82 Å². The summed E-state index contributed by atoms with van der Waals surface area (Å²) < 4.78 is 6.78. The molecule has 1 aliphatic heterocycles. The van der Waals surface area contributed by atoms with Crippen LogP contribution in [0, 0.1) is 13.8 Å². The molecule has 0 unspecified atom stereocenters. The van der Waals surface area contributed by atoms with Gasteiger partial charge in [-0.3, -0.25) is 9.59 Å². The van der Waals surface area contributed by atoms with Crippen LogP contribution in [0.25, 0.3) is 5.69 Å². The molecule has 0 saturated carbocycles. The third-order valence-electron chi connectivity index (χ3n) is 4.34. The number of aromatic nitrogens is 2. The van der Waals surface area contributed by atoms with Crippen LogP contribution in [0.5, 0.6) is 0 Å². The maximum atomic E-state index is 12.4. The minimum absolute atomic E-state index is 0.0834. The largest absolute Gasteiger partial charge is 0.394 e. The fourth-order valence-electron chi connectivity index (χ4n) is 3.01. The quantitative estimate of drug-likeness (QED) is 0.475. The summed E-state index contributed by atoms with van der Waals surface area (Å²) >= 11 is 1.73. The molecular weight excluding hydrogens is 380 g/mol. The molecule has 0 radical (unpaired) electrons. The van der Waals surface area contributed by atoms with Gasteiger partial charge in [0.05, 0.1) is 31.2 Å². The molecule has 2 amide bonds. The Morgan fingerprint density at radius 3 is 2.82 bits per heavy atom. The van der Waals surface area contributed by atoms with E-state index in [1.807, 2.05) is 26.0 Å². The van der Waals surface area contributed by atoms with E-state index in [4.69, 9.17) is 9.84 Å². The summed E-state index contributed by atoms with van der Waals surface area (Å²) in [5.41, 5.74) is 4.94. The van der Waals surface area contributed by atoms with Gasteiger partial charge in [0.2, 0.25) is 0 Å². The van der Waals surface area contributed by atoms with Crippen molar-refractivity contribution in [3.05, 3.63) is 40.6 Å². The number of ether oxygens (including phenoxy) is 1. The second kappa shape index (κ2) is 9.22. The average molecular weight is 404 g/mol. The molecule has 3 N–H and O–H groups in total. The van der Waals surface area contributed by atoms with Crippen LogP contribution in [0.15, 0.2) is 18.2 Å². The second-order valence-corrected chi connectivity index (χ2v) is 7.50. The van der Waals surface area contributed by atoms with Crippen LogP contribution in [-0.4, -0.2) is 53.1 Å². The van der Waals surface area contributed by atoms with Gasteiger partial charge in [0.15, 0.2) is 0 Å². The first-order chi connectivity index (χ1) is 13.5. The Labute approximate surface area is 167 Å². The van der Waals surface area contributed by atoms with Gasteiger partial charge >= 0.3 is 11.8 Å². The molecule has 9 heteroatoms. The predicted molar refractivity (Wildman–Crippen MR) is 108 cm³/mol. The number of amides is 2. The lowest BCUT2D eigenvalue weighted by atomic mass is 10.1. The molecular formula is C19H24N4O4S. The number of hydrogen-bond donors (Lipinski definition) is 3. The number of carbonyl (C=O) groups is 2. The van der Waals surface area contributed by atoms with E-state index in [1.165, 1.54) is 0 Å². The highest BCUT2D eigenvalue weighted by Gasteiger charge is 2.26. The van der Waals surface area contributed by atoms with Crippen LogP contribution in [0.2, 0.25) is 0 Å². The van der Waals surface area contributed by atoms with Crippen LogP contribution in [-0.2, 0) is 25.8 Å². The van der Waals surface area contributed by atoms with Crippen molar-refractivity contribution in [2.24, 2.45) is 0 Å². The SMILES string of the molecule is Cc1ccc(-n2nc3c(c2NC(=O)C(=O)NCCOCCO)CSC3)c(C)c1. The molecule has 150 valence electrons. The number of carbonyl (C=O) groups excluding carboxylic acids is 2. The molecule has 2 heterocycles. The van der Waals surface area contributed by atoms with Crippen LogP contribution >= 0.6 is 11.8 Å². The Kier molecular flexibility index (Phi) is 6.71. The maximum Gasteiger partial charge on any atom is 0.314 e. The fraction of sp³-hybridized carbons (Fsp3) is 0.421. The van der Waals surface area contributed by atoms with Crippen molar-refractivity contribution in [3.63, 3.8) is 0 Å². The number of rotatable bonds is 7. The zero-order chi connectivity index (χ0) is 20.1. The van der Waals surface area contributed by atoms with E-state index in [-0.39, 0.29) is 26.4 Å². The van der Waals surface area contributed by atoms with E-state index >= 15 is 0 Å². The van der Waals surface area contributed by atoms with E-state index in [1.54, 1.807) is 16.4 Å². The monoisotopic (exact) mass is 404 g/mol. The van der Waals surface area contributed by atoms with E-state index in [2.05, 4.69) is 21.8 Å². The third-order valence-corrected chi connectivity index (χ3v) is 5.31. The number of aliphatic hydroxyl groups excluding tert-OH is 1. The van der Waals surface area contributed by atoms with Crippen molar-refractivity contribution in [2.75, 3.05) is 31.7 Å². The second-order valence-electron chi connectivity index (χ2n) is 6.51. The van der Waals surface area contributed by atoms with E-state index in [9.17, 15) is 9.59 Å². The summed E-state index contributed by atoms with van der Waals surface area (Å²) in [7, 11) is 0. The number of fused-ring (bicyclic) bond motifs is 1. The highest BCUT2D eigenvalue weighted by Crippen LogP contribution is 2.36. The van der Waals surface area contributed by atoms with Crippen molar-refractivity contribution >= 4 is 29.4 Å². The van der Waals surface area contributed by atoms with Crippen LogP contribution in [0.4, 0.5) is 5.82 Å². The van der Waals surface area contributed by atoms with Crippen LogP contribution < -0.4 is 10.6 Å². The Hall–Kier alpha value is -2.36. The average Bonchev–Trinajstić information content (AvgIpc) is 3.24. The lowest BCUT2D eigenvalue weighted by Crippen LogP contribution is -2.37. The highest BCUT2D eigenvalue weighted by molar-refractivity contribution is 7.98. The summed E-state index contributed by atoms with van der Waals surface area (Å²) in [5.74, 6) is 0.591. The van der Waals surface area contributed by atoms with Crippen molar-refractivity contribution in [1.82, 2.24) is 15.1 Å². The van der Waals surface area contributed by atoms with Gasteiger partial charge in [-0.25, -0.2) is 4.68 Å². The predicted octanol–water partition coefficient (Wildman–Crippen LogP) is 1.30. The molecule has 0 fully saturated rings. The van der Waals surface area contributed by atoms with Gasteiger partial charge in [0, 0.05) is 23.6 Å². The number of thioether (sulfide) groups is 1. The summed E-state index contributed by atoms with van der Waals surface area (Å²) in [6, 6.07) is 6.02. The minimum Gasteiger partial charge on any atom is -0.394 e. The first-order valence-corrected chi connectivity index (χ1v) is 10.2. The number of hydrogen-bond acceptors (Lipinski definition) is 6. The van der Waals surface area contributed by atoms with Gasteiger partial charge in [-0.2, -0.15) is 16.9 Å². The minimum atomic E-state index is -0.743. The van der Waals surface area contributed by atoms with Gasteiger partial charge in [0.25, 0.3) is 0 Å². The number of anilines is 1. The lowest BCUT2D eigenvalue weighted by Gasteiger charge is -2.13. The van der Waals surface area contributed by atoms with Gasteiger partial charge in [0.1, 0.15) is 5.82 Å². The molecule has 3 rings (SSSR count). The fourth-order valence-corrected chi connectivity index (χ4v) is 4.04. The number of benzene rings is 1. The number of nitrogens with zero attached hydrogens (tertiary/aromatic N) is 2. The third kappa shape index (κ3) is 4.54. The van der Waals surface area contributed by atoms with Crippen LogP contribution in [0.1, 0.15) is 22.4 Å². The number of aryl methyl sites for hydroxylation is 2. The van der Waals surface area contributed by atoms with Crippen molar-refractivity contribution in [2.45, 2.75) is 25.4 Å². The zero-order valence-corrected chi connectivity index (χ0v) is 16.8. The van der Waals surface area contributed by atoms with E-state index in [0.717, 1.165) is 39.6 Å². The van der Waals surface area contributed by atoms with Gasteiger partial charge in [-0.15, -0.1) is 0 Å². The molecule has 1 aromatic carbocycles. The van der Waals surface area contributed by atoms with Gasteiger partial charge in [-0.1, -0.05) is 17.7 Å². The Bertz CT molecular complexity index is 881. The first kappa shape index (κ1) is 20.4.